The van der Waals surface area contributed by atoms with Crippen LogP contribution in [0.1, 0.15) is 296 Å². The molecule has 3 N–H and O–H groups in total. The largest absolute Gasteiger partial charge is 0.466 e. The highest BCUT2D eigenvalue weighted by molar-refractivity contribution is 5.76. The number of esters is 1. The number of allylic oxidation sites excluding steroid dienone is 3. The van der Waals surface area contributed by atoms with Gasteiger partial charge in [0.2, 0.25) is 5.91 Å². The van der Waals surface area contributed by atoms with Crippen LogP contribution in [0.5, 0.6) is 0 Å². The first-order chi connectivity index (χ1) is 30.5. The molecule has 0 aromatic heterocycles. The number of carbonyl (C=O) groups is 2. The lowest BCUT2D eigenvalue weighted by Gasteiger charge is -2.19. The average Bonchev–Trinajstić information content (AvgIpc) is 3.27. The van der Waals surface area contributed by atoms with Crippen molar-refractivity contribution in [3.8, 4) is 0 Å². The van der Waals surface area contributed by atoms with Crippen molar-refractivity contribution in [3.63, 3.8) is 0 Å². The van der Waals surface area contributed by atoms with Crippen molar-refractivity contribution in [1.29, 1.82) is 0 Å². The summed E-state index contributed by atoms with van der Waals surface area (Å²) in [4.78, 5) is 24.5. The van der Waals surface area contributed by atoms with Gasteiger partial charge in [-0.3, -0.25) is 9.59 Å². The van der Waals surface area contributed by atoms with Crippen molar-refractivity contribution >= 4 is 11.9 Å². The van der Waals surface area contributed by atoms with Gasteiger partial charge < -0.3 is 20.3 Å². The van der Waals surface area contributed by atoms with Crippen LogP contribution in [0, 0.1) is 0 Å². The molecule has 1 amide bonds. The van der Waals surface area contributed by atoms with Crippen molar-refractivity contribution in [3.05, 3.63) is 24.3 Å². The molecule has 62 heavy (non-hydrogen) atoms. The average molecular weight is 874 g/mol. The maximum absolute atomic E-state index is 12.4. The number of hydrogen-bond acceptors (Lipinski definition) is 5. The molecule has 366 valence electrons. The summed E-state index contributed by atoms with van der Waals surface area (Å²) in [7, 11) is 0. The summed E-state index contributed by atoms with van der Waals surface area (Å²) in [6.07, 6.45) is 62.0. The van der Waals surface area contributed by atoms with Gasteiger partial charge in [0.25, 0.3) is 0 Å². The molecule has 0 saturated heterocycles. The summed E-state index contributed by atoms with van der Waals surface area (Å²) in [5, 5.41) is 23.1. The Morgan fingerprint density at radius 2 is 0.774 bits per heavy atom. The number of ether oxygens (including phenoxy) is 1. The first-order valence-electron chi connectivity index (χ1n) is 27.6. The molecule has 0 aromatic rings. The van der Waals surface area contributed by atoms with E-state index in [2.05, 4.69) is 31.3 Å². The lowest BCUT2D eigenvalue weighted by molar-refractivity contribution is -0.143. The number of amides is 1. The lowest BCUT2D eigenvalue weighted by atomic mass is 10.0. The highest BCUT2D eigenvalue weighted by Gasteiger charge is 2.18. The zero-order chi connectivity index (χ0) is 45.1. The quantitative estimate of drug-likeness (QED) is 0.0321. The maximum atomic E-state index is 12.4. The molecule has 0 fully saturated rings. The van der Waals surface area contributed by atoms with E-state index >= 15 is 0 Å². The van der Waals surface area contributed by atoms with Crippen LogP contribution in [0.4, 0.5) is 0 Å². The van der Waals surface area contributed by atoms with E-state index in [9.17, 15) is 19.8 Å². The van der Waals surface area contributed by atoms with E-state index in [4.69, 9.17) is 4.74 Å². The summed E-state index contributed by atoms with van der Waals surface area (Å²) >= 11 is 0. The molecule has 0 aliphatic rings. The van der Waals surface area contributed by atoms with Gasteiger partial charge in [-0.25, -0.2) is 0 Å². The second-order valence-corrected chi connectivity index (χ2v) is 18.9. The van der Waals surface area contributed by atoms with Gasteiger partial charge in [0, 0.05) is 12.8 Å². The fourth-order valence-electron chi connectivity index (χ4n) is 8.46. The highest BCUT2D eigenvalue weighted by atomic mass is 16.5. The van der Waals surface area contributed by atoms with Crippen LogP contribution < -0.4 is 5.32 Å². The van der Waals surface area contributed by atoms with Gasteiger partial charge in [0.15, 0.2) is 0 Å². The van der Waals surface area contributed by atoms with Crippen LogP contribution >= 0.6 is 0 Å². The molecule has 0 bridgehead atoms. The molecule has 6 nitrogen and oxygen atoms in total. The Balaban J connectivity index is 3.56. The third kappa shape index (κ3) is 47.8. The lowest BCUT2D eigenvalue weighted by Crippen LogP contribution is -2.45. The first kappa shape index (κ1) is 60.3. The summed E-state index contributed by atoms with van der Waals surface area (Å²) in [5.41, 5.74) is 0. The van der Waals surface area contributed by atoms with E-state index in [1.807, 2.05) is 6.08 Å². The number of aliphatic hydroxyl groups is 2. The number of unbranched alkanes of at least 4 members (excludes halogenated alkanes) is 38. The van der Waals surface area contributed by atoms with Crippen molar-refractivity contribution in [2.45, 2.75) is 309 Å². The SMILES string of the molecule is CCCCCCCCCCCCCCCCCCCCCC/C=C/C(O)C(CO)NC(=O)CCC/C=C\CCCCCCOC(=O)CCCCCCCCCCCCCCCC. The van der Waals surface area contributed by atoms with Crippen LogP contribution in [-0.2, 0) is 14.3 Å². The molecule has 0 rings (SSSR count). The minimum atomic E-state index is -0.875. The Bertz CT molecular complexity index is 966. The van der Waals surface area contributed by atoms with E-state index in [1.54, 1.807) is 6.08 Å². The normalized spacial score (nSPS) is 12.8. The Morgan fingerprint density at radius 3 is 1.18 bits per heavy atom. The molecule has 0 aliphatic heterocycles. The third-order valence-electron chi connectivity index (χ3n) is 12.7. The first-order valence-corrected chi connectivity index (χ1v) is 27.6. The van der Waals surface area contributed by atoms with Crippen LogP contribution in [0.15, 0.2) is 24.3 Å². The molecule has 2 atom stereocenters. The van der Waals surface area contributed by atoms with Gasteiger partial charge in [-0.2, -0.15) is 0 Å². The minimum absolute atomic E-state index is 0.0353. The van der Waals surface area contributed by atoms with Crippen LogP contribution in [-0.4, -0.2) is 47.4 Å². The highest BCUT2D eigenvalue weighted by Crippen LogP contribution is 2.17. The Kier molecular flexibility index (Phi) is 50.6. The van der Waals surface area contributed by atoms with Gasteiger partial charge in [-0.15, -0.1) is 0 Å². The van der Waals surface area contributed by atoms with Gasteiger partial charge in [-0.1, -0.05) is 256 Å². The number of carbonyl (C=O) groups excluding carboxylic acids is 2. The predicted molar refractivity (Wildman–Crippen MR) is 269 cm³/mol. The van der Waals surface area contributed by atoms with Crippen molar-refractivity contribution in [2.24, 2.45) is 0 Å². The zero-order valence-electron chi connectivity index (χ0n) is 41.6. The van der Waals surface area contributed by atoms with E-state index in [1.165, 1.54) is 199 Å². The molecule has 0 radical (unpaired) electrons. The van der Waals surface area contributed by atoms with Gasteiger partial charge in [0.05, 0.1) is 25.4 Å². The maximum Gasteiger partial charge on any atom is 0.305 e. The van der Waals surface area contributed by atoms with Crippen molar-refractivity contribution < 1.29 is 24.5 Å². The van der Waals surface area contributed by atoms with E-state index < -0.39 is 12.1 Å². The molecular formula is C56H107NO5. The second-order valence-electron chi connectivity index (χ2n) is 18.9. The number of aliphatic hydroxyl groups excluding tert-OH is 2. The zero-order valence-corrected chi connectivity index (χ0v) is 41.6. The number of rotatable bonds is 51. The van der Waals surface area contributed by atoms with Gasteiger partial charge in [0.1, 0.15) is 0 Å². The fraction of sp³-hybridized carbons (Fsp3) is 0.893. The molecular weight excluding hydrogens is 767 g/mol. The summed E-state index contributed by atoms with van der Waals surface area (Å²) in [5.74, 6) is -0.161. The standard InChI is InChI=1S/C56H107NO5/c1-3-5-7-9-11-13-15-17-19-20-21-22-23-24-25-26-27-29-32-36-40-44-48-54(59)53(52-58)57-55(60)49-45-41-37-33-31-35-39-43-47-51-62-56(61)50-46-42-38-34-30-28-18-16-14-12-10-8-6-4-2/h33,37,44,48,53-54,58-59H,3-32,34-36,38-43,45-47,49-52H2,1-2H3,(H,57,60)/b37-33-,48-44+. The Labute approximate surface area is 386 Å². The molecule has 2 unspecified atom stereocenters. The van der Waals surface area contributed by atoms with Gasteiger partial charge in [-0.05, 0) is 51.4 Å². The monoisotopic (exact) mass is 874 g/mol. The molecule has 6 heteroatoms. The third-order valence-corrected chi connectivity index (χ3v) is 12.7. The second kappa shape index (κ2) is 52.0. The number of hydrogen-bond donors (Lipinski definition) is 3. The molecule has 0 heterocycles. The van der Waals surface area contributed by atoms with E-state index in [0.29, 0.717) is 19.4 Å². The number of nitrogens with one attached hydrogen (secondary N) is 1. The molecule has 0 aromatic carbocycles. The van der Waals surface area contributed by atoms with Crippen LogP contribution in [0.25, 0.3) is 0 Å². The summed E-state index contributed by atoms with van der Waals surface area (Å²) in [6, 6.07) is -0.665. The van der Waals surface area contributed by atoms with Gasteiger partial charge >= 0.3 is 5.97 Å². The van der Waals surface area contributed by atoms with Crippen LogP contribution in [0.2, 0.25) is 0 Å². The van der Waals surface area contributed by atoms with E-state index in [0.717, 1.165) is 70.6 Å². The summed E-state index contributed by atoms with van der Waals surface area (Å²) in [6.45, 7) is 4.83. The smallest absolute Gasteiger partial charge is 0.305 e. The molecule has 0 saturated carbocycles. The van der Waals surface area contributed by atoms with Crippen LogP contribution in [0.3, 0.4) is 0 Å². The Hall–Kier alpha value is -1.66. The minimum Gasteiger partial charge on any atom is -0.466 e. The molecule has 0 aliphatic carbocycles. The van der Waals surface area contributed by atoms with Crippen molar-refractivity contribution in [1.82, 2.24) is 5.32 Å². The summed E-state index contributed by atoms with van der Waals surface area (Å²) < 4.78 is 5.44. The van der Waals surface area contributed by atoms with Crippen molar-refractivity contribution in [2.75, 3.05) is 13.2 Å². The molecule has 0 spiro atoms. The Morgan fingerprint density at radius 1 is 0.435 bits per heavy atom. The topological polar surface area (TPSA) is 95.9 Å². The predicted octanol–water partition coefficient (Wildman–Crippen LogP) is 16.7. The van der Waals surface area contributed by atoms with E-state index in [-0.39, 0.29) is 18.5 Å². The fourth-order valence-corrected chi connectivity index (χ4v) is 8.46.